The fourth-order valence-corrected chi connectivity index (χ4v) is 4.73. The molecule has 1 aliphatic carbocycles. The SMILES string of the molecule is CN1CCN(C2NCCCC2C(=O)O)C(C2CCCCC2)C1. The Labute approximate surface area is 134 Å². The predicted octanol–water partition coefficient (Wildman–Crippen LogP) is 1.59. The highest BCUT2D eigenvalue weighted by Crippen LogP contribution is 2.33. The third kappa shape index (κ3) is 3.47. The zero-order valence-corrected chi connectivity index (χ0v) is 13.8. The Balaban J connectivity index is 1.76. The summed E-state index contributed by atoms with van der Waals surface area (Å²) in [6.45, 7) is 4.10. The van der Waals surface area contributed by atoms with Gasteiger partial charge in [0.1, 0.15) is 0 Å². The van der Waals surface area contributed by atoms with Crippen molar-refractivity contribution >= 4 is 5.97 Å². The van der Waals surface area contributed by atoms with Crippen LogP contribution in [-0.4, -0.2) is 66.3 Å². The first kappa shape index (κ1) is 16.2. The highest BCUT2D eigenvalue weighted by atomic mass is 16.4. The molecular weight excluding hydrogens is 278 g/mol. The maximum absolute atomic E-state index is 11.7. The van der Waals surface area contributed by atoms with E-state index in [0.717, 1.165) is 44.9 Å². The zero-order chi connectivity index (χ0) is 15.5. The van der Waals surface area contributed by atoms with Crippen molar-refractivity contribution in [2.45, 2.75) is 57.2 Å². The van der Waals surface area contributed by atoms with E-state index < -0.39 is 5.97 Å². The van der Waals surface area contributed by atoms with Gasteiger partial charge in [-0.2, -0.15) is 0 Å². The van der Waals surface area contributed by atoms with E-state index in [4.69, 9.17) is 0 Å². The van der Waals surface area contributed by atoms with Crippen LogP contribution in [0.5, 0.6) is 0 Å². The Morgan fingerprint density at radius 3 is 2.59 bits per heavy atom. The number of aliphatic carboxylic acids is 1. The zero-order valence-electron chi connectivity index (χ0n) is 13.8. The van der Waals surface area contributed by atoms with E-state index in [-0.39, 0.29) is 12.1 Å². The molecule has 0 aromatic carbocycles. The lowest BCUT2D eigenvalue weighted by Gasteiger charge is -2.50. The molecular formula is C17H31N3O2. The number of carboxylic acid groups (broad SMARTS) is 1. The average Bonchev–Trinajstić information content (AvgIpc) is 2.55. The van der Waals surface area contributed by atoms with Crippen molar-refractivity contribution < 1.29 is 9.90 Å². The minimum absolute atomic E-state index is 0.0341. The number of nitrogens with one attached hydrogen (secondary N) is 1. The molecule has 5 heteroatoms. The lowest BCUT2D eigenvalue weighted by Crippen LogP contribution is -2.65. The number of hydrogen-bond donors (Lipinski definition) is 2. The average molecular weight is 309 g/mol. The quantitative estimate of drug-likeness (QED) is 0.829. The van der Waals surface area contributed by atoms with E-state index in [1.807, 2.05) is 0 Å². The number of piperidine rings is 1. The molecule has 22 heavy (non-hydrogen) atoms. The lowest BCUT2D eigenvalue weighted by molar-refractivity contribution is -0.148. The van der Waals surface area contributed by atoms with Gasteiger partial charge in [-0.15, -0.1) is 0 Å². The molecule has 2 saturated heterocycles. The van der Waals surface area contributed by atoms with Crippen LogP contribution in [0.25, 0.3) is 0 Å². The molecule has 1 saturated carbocycles. The highest BCUT2D eigenvalue weighted by Gasteiger charge is 2.42. The van der Waals surface area contributed by atoms with E-state index in [0.29, 0.717) is 6.04 Å². The van der Waals surface area contributed by atoms with E-state index in [1.54, 1.807) is 0 Å². The molecule has 0 spiro atoms. The number of rotatable bonds is 3. The fourth-order valence-electron chi connectivity index (χ4n) is 4.73. The van der Waals surface area contributed by atoms with Gasteiger partial charge in [0.2, 0.25) is 0 Å². The summed E-state index contributed by atoms with van der Waals surface area (Å²) in [5.41, 5.74) is 0. The topological polar surface area (TPSA) is 55.8 Å². The molecule has 0 aromatic rings. The Hall–Kier alpha value is -0.650. The second-order valence-corrected chi connectivity index (χ2v) is 7.45. The van der Waals surface area contributed by atoms with Crippen LogP contribution in [0.2, 0.25) is 0 Å². The largest absolute Gasteiger partial charge is 0.481 e. The van der Waals surface area contributed by atoms with Crippen molar-refractivity contribution in [1.29, 1.82) is 0 Å². The van der Waals surface area contributed by atoms with E-state index >= 15 is 0 Å². The summed E-state index contributed by atoms with van der Waals surface area (Å²) in [4.78, 5) is 16.6. The lowest BCUT2D eigenvalue weighted by atomic mass is 9.81. The summed E-state index contributed by atoms with van der Waals surface area (Å²) in [5.74, 6) is -0.128. The van der Waals surface area contributed by atoms with Crippen molar-refractivity contribution in [2.75, 3.05) is 33.2 Å². The van der Waals surface area contributed by atoms with E-state index in [2.05, 4.69) is 22.2 Å². The molecule has 3 rings (SSSR count). The van der Waals surface area contributed by atoms with Crippen molar-refractivity contribution in [3.8, 4) is 0 Å². The van der Waals surface area contributed by atoms with E-state index in [9.17, 15) is 9.90 Å². The van der Waals surface area contributed by atoms with Crippen LogP contribution in [0.4, 0.5) is 0 Å². The van der Waals surface area contributed by atoms with Crippen LogP contribution in [0.1, 0.15) is 44.9 Å². The van der Waals surface area contributed by atoms with Gasteiger partial charge in [-0.1, -0.05) is 19.3 Å². The molecule has 3 fully saturated rings. The number of hydrogen-bond acceptors (Lipinski definition) is 4. The molecule has 3 unspecified atom stereocenters. The van der Waals surface area contributed by atoms with Gasteiger partial charge in [0.25, 0.3) is 0 Å². The van der Waals surface area contributed by atoms with Crippen molar-refractivity contribution in [2.24, 2.45) is 11.8 Å². The number of carboxylic acids is 1. The monoisotopic (exact) mass is 309 g/mol. The molecule has 0 bridgehead atoms. The standard InChI is InChI=1S/C17H31N3O2/c1-19-10-11-20(15(12-19)13-6-3-2-4-7-13)16-14(17(21)22)8-5-9-18-16/h13-16,18H,2-12H2,1H3,(H,21,22). The molecule has 5 nitrogen and oxygen atoms in total. The first-order valence-electron chi connectivity index (χ1n) is 9.07. The first-order valence-corrected chi connectivity index (χ1v) is 9.07. The number of nitrogens with zero attached hydrogens (tertiary/aromatic N) is 2. The minimum atomic E-state index is -0.626. The number of carbonyl (C=O) groups is 1. The molecule has 2 N–H and O–H groups in total. The molecule has 126 valence electrons. The molecule has 0 radical (unpaired) electrons. The van der Waals surface area contributed by atoms with Gasteiger partial charge in [0.15, 0.2) is 0 Å². The third-order valence-corrected chi connectivity index (χ3v) is 5.96. The summed E-state index contributed by atoms with van der Waals surface area (Å²) in [5, 5.41) is 13.1. The Bertz CT molecular complexity index is 384. The van der Waals surface area contributed by atoms with Crippen molar-refractivity contribution in [3.63, 3.8) is 0 Å². The van der Waals surface area contributed by atoms with Crippen LogP contribution in [0.3, 0.4) is 0 Å². The summed E-state index contributed by atoms with van der Waals surface area (Å²) in [7, 11) is 2.20. The smallest absolute Gasteiger partial charge is 0.309 e. The van der Waals surface area contributed by atoms with Gasteiger partial charge in [0, 0.05) is 25.7 Å². The first-order chi connectivity index (χ1) is 10.7. The second kappa shape index (κ2) is 7.28. The molecule has 0 aromatic heterocycles. The highest BCUT2D eigenvalue weighted by molar-refractivity contribution is 5.71. The van der Waals surface area contributed by atoms with E-state index in [1.165, 1.54) is 32.1 Å². The van der Waals surface area contributed by atoms with Crippen LogP contribution in [-0.2, 0) is 4.79 Å². The van der Waals surface area contributed by atoms with Crippen molar-refractivity contribution in [1.82, 2.24) is 15.1 Å². The van der Waals surface area contributed by atoms with Crippen molar-refractivity contribution in [3.05, 3.63) is 0 Å². The van der Waals surface area contributed by atoms with Gasteiger partial charge >= 0.3 is 5.97 Å². The Morgan fingerprint density at radius 2 is 1.86 bits per heavy atom. The second-order valence-electron chi connectivity index (χ2n) is 7.45. The summed E-state index contributed by atoms with van der Waals surface area (Å²) in [6.07, 6.45) is 8.54. The predicted molar refractivity (Wildman–Crippen MR) is 86.7 cm³/mol. The fraction of sp³-hybridized carbons (Fsp3) is 0.941. The van der Waals surface area contributed by atoms with Gasteiger partial charge in [-0.25, -0.2) is 0 Å². The van der Waals surface area contributed by atoms with Gasteiger partial charge in [-0.3, -0.25) is 9.69 Å². The normalized spacial score (nSPS) is 36.3. The minimum Gasteiger partial charge on any atom is -0.481 e. The molecule has 3 atom stereocenters. The number of piperazine rings is 1. The van der Waals surface area contributed by atoms with Gasteiger partial charge < -0.3 is 15.3 Å². The van der Waals surface area contributed by atoms with Crippen LogP contribution < -0.4 is 5.32 Å². The maximum Gasteiger partial charge on any atom is 0.309 e. The molecule has 2 aliphatic heterocycles. The van der Waals surface area contributed by atoms with Crippen LogP contribution in [0.15, 0.2) is 0 Å². The van der Waals surface area contributed by atoms with Crippen LogP contribution >= 0.6 is 0 Å². The third-order valence-electron chi connectivity index (χ3n) is 5.96. The molecule has 3 aliphatic rings. The van der Waals surface area contributed by atoms with Gasteiger partial charge in [0.05, 0.1) is 12.1 Å². The Kier molecular flexibility index (Phi) is 5.37. The molecule has 0 amide bonds. The molecule has 2 heterocycles. The summed E-state index contributed by atoms with van der Waals surface area (Å²) >= 11 is 0. The van der Waals surface area contributed by atoms with Crippen LogP contribution in [0, 0.1) is 11.8 Å². The summed E-state index contributed by atoms with van der Waals surface area (Å²) < 4.78 is 0. The maximum atomic E-state index is 11.7. The van der Waals surface area contributed by atoms with Gasteiger partial charge in [-0.05, 0) is 45.2 Å². The summed E-state index contributed by atoms with van der Waals surface area (Å²) in [6, 6.07) is 0.525. The number of likely N-dealkylation sites (N-methyl/N-ethyl adjacent to an activating group) is 1. The Morgan fingerprint density at radius 1 is 1.09 bits per heavy atom.